The van der Waals surface area contributed by atoms with Gasteiger partial charge in [-0.05, 0) is 29.7 Å². The smallest absolute Gasteiger partial charge is 0.142 e. The quantitative estimate of drug-likeness (QED) is 0.889. The highest BCUT2D eigenvalue weighted by atomic mass is 14.9. The summed E-state index contributed by atoms with van der Waals surface area (Å²) in [5, 5.41) is 12.2. The van der Waals surface area contributed by atoms with Crippen LogP contribution in [0.25, 0.3) is 0 Å². The number of rotatable bonds is 3. The van der Waals surface area contributed by atoms with Crippen LogP contribution >= 0.6 is 0 Å². The second kappa shape index (κ2) is 4.50. The molecule has 0 bridgehead atoms. The Morgan fingerprint density at radius 2 is 2.22 bits per heavy atom. The van der Waals surface area contributed by atoms with Crippen LogP contribution in [0.3, 0.4) is 0 Å². The fraction of sp³-hybridized carbons (Fsp3) is 0.200. The molecule has 0 aliphatic heterocycles. The van der Waals surface area contributed by atoms with E-state index in [1.807, 2.05) is 12.1 Å². The van der Waals surface area contributed by atoms with Gasteiger partial charge in [0, 0.05) is 24.3 Å². The van der Waals surface area contributed by atoms with Crippen LogP contribution in [0.15, 0.2) is 42.6 Å². The van der Waals surface area contributed by atoms with Crippen molar-refractivity contribution in [2.45, 2.75) is 12.3 Å². The first-order chi connectivity index (χ1) is 8.86. The van der Waals surface area contributed by atoms with Crippen molar-refractivity contribution >= 4 is 5.69 Å². The molecule has 3 heteroatoms. The van der Waals surface area contributed by atoms with Crippen LogP contribution in [0.5, 0.6) is 0 Å². The number of nitrogens with zero attached hydrogens (tertiary/aromatic N) is 2. The molecule has 1 aromatic heterocycles. The van der Waals surface area contributed by atoms with E-state index in [0.29, 0.717) is 11.6 Å². The van der Waals surface area contributed by atoms with E-state index in [-0.39, 0.29) is 0 Å². The first kappa shape index (κ1) is 10.8. The second-order valence-electron chi connectivity index (χ2n) is 4.52. The largest absolute Gasteiger partial charge is 0.384 e. The third kappa shape index (κ3) is 1.93. The number of nitrogens with one attached hydrogen (secondary N) is 1. The summed E-state index contributed by atoms with van der Waals surface area (Å²) in [6.07, 6.45) is 2.80. The summed E-state index contributed by atoms with van der Waals surface area (Å²) >= 11 is 0. The molecular weight excluding hydrogens is 222 g/mol. The monoisotopic (exact) mass is 235 g/mol. The Morgan fingerprint density at radius 1 is 1.33 bits per heavy atom. The third-order valence-corrected chi connectivity index (χ3v) is 3.39. The summed E-state index contributed by atoms with van der Waals surface area (Å²) in [6, 6.07) is 14.3. The topological polar surface area (TPSA) is 48.7 Å². The number of aromatic nitrogens is 1. The molecule has 0 spiro atoms. The van der Waals surface area contributed by atoms with Crippen LogP contribution in [0, 0.1) is 11.3 Å². The zero-order valence-corrected chi connectivity index (χ0v) is 9.93. The Labute approximate surface area is 106 Å². The normalized spacial score (nSPS) is 16.3. The van der Waals surface area contributed by atoms with Gasteiger partial charge in [-0.2, -0.15) is 5.26 Å². The number of pyridine rings is 1. The molecule has 0 radical (unpaired) electrons. The molecule has 1 aliphatic carbocycles. The van der Waals surface area contributed by atoms with E-state index < -0.39 is 0 Å². The summed E-state index contributed by atoms with van der Waals surface area (Å²) in [4.78, 5) is 3.95. The molecule has 1 atom stereocenters. The second-order valence-corrected chi connectivity index (χ2v) is 4.52. The van der Waals surface area contributed by atoms with E-state index in [1.165, 1.54) is 11.1 Å². The van der Waals surface area contributed by atoms with Crippen LogP contribution in [-0.4, -0.2) is 11.5 Å². The lowest BCUT2D eigenvalue weighted by molar-refractivity contribution is 0.636. The maximum Gasteiger partial charge on any atom is 0.142 e. The summed E-state index contributed by atoms with van der Waals surface area (Å²) in [6.45, 7) is 0.909. The van der Waals surface area contributed by atoms with Crippen molar-refractivity contribution in [3.05, 3.63) is 59.4 Å². The molecule has 0 saturated carbocycles. The van der Waals surface area contributed by atoms with Crippen molar-refractivity contribution in [1.82, 2.24) is 4.98 Å². The van der Waals surface area contributed by atoms with Gasteiger partial charge in [0.05, 0.1) is 0 Å². The lowest BCUT2D eigenvalue weighted by atomic mass is 9.77. The number of anilines is 1. The fourth-order valence-corrected chi connectivity index (χ4v) is 2.39. The van der Waals surface area contributed by atoms with Gasteiger partial charge in [0.1, 0.15) is 11.8 Å². The van der Waals surface area contributed by atoms with Gasteiger partial charge in [0.2, 0.25) is 0 Å². The minimum absolute atomic E-state index is 0.453. The lowest BCUT2D eigenvalue weighted by Crippen LogP contribution is -2.24. The minimum Gasteiger partial charge on any atom is -0.384 e. The van der Waals surface area contributed by atoms with Crippen molar-refractivity contribution in [2.24, 2.45) is 0 Å². The Kier molecular flexibility index (Phi) is 2.70. The minimum atomic E-state index is 0.453. The van der Waals surface area contributed by atoms with Crippen LogP contribution in [0.2, 0.25) is 0 Å². The van der Waals surface area contributed by atoms with Gasteiger partial charge >= 0.3 is 0 Å². The standard InChI is InChI=1S/C15H13N3/c16-9-14-8-13(5-6-17-14)18-10-12-7-11-3-1-2-4-15(11)12/h1-6,8,12H,7,10H2,(H,17,18). The highest BCUT2D eigenvalue weighted by molar-refractivity contribution is 5.48. The summed E-state index contributed by atoms with van der Waals surface area (Å²) in [5.74, 6) is 0.583. The van der Waals surface area contributed by atoms with Crippen LogP contribution < -0.4 is 5.32 Å². The number of hydrogen-bond acceptors (Lipinski definition) is 3. The molecule has 1 aromatic carbocycles. The molecule has 88 valence electrons. The molecule has 1 aliphatic rings. The van der Waals surface area contributed by atoms with E-state index in [4.69, 9.17) is 5.26 Å². The SMILES string of the molecule is N#Cc1cc(NCC2Cc3ccccc32)ccn1. The van der Waals surface area contributed by atoms with Crippen molar-refractivity contribution in [3.8, 4) is 6.07 Å². The Hall–Kier alpha value is -2.34. The van der Waals surface area contributed by atoms with Gasteiger partial charge in [0.25, 0.3) is 0 Å². The molecule has 0 amide bonds. The van der Waals surface area contributed by atoms with Crippen LogP contribution in [0.1, 0.15) is 22.7 Å². The van der Waals surface area contributed by atoms with E-state index in [1.54, 1.807) is 12.3 Å². The molecule has 3 rings (SSSR count). The zero-order valence-electron chi connectivity index (χ0n) is 9.93. The van der Waals surface area contributed by atoms with Gasteiger partial charge in [-0.25, -0.2) is 4.98 Å². The first-order valence-corrected chi connectivity index (χ1v) is 6.04. The third-order valence-electron chi connectivity index (χ3n) is 3.39. The lowest BCUT2D eigenvalue weighted by Gasteiger charge is -2.30. The molecule has 1 unspecified atom stereocenters. The number of hydrogen-bond donors (Lipinski definition) is 1. The van der Waals surface area contributed by atoms with E-state index in [0.717, 1.165) is 18.7 Å². The van der Waals surface area contributed by atoms with E-state index in [9.17, 15) is 0 Å². The predicted octanol–water partition coefficient (Wildman–Crippen LogP) is 2.71. The van der Waals surface area contributed by atoms with Gasteiger partial charge in [-0.15, -0.1) is 0 Å². The van der Waals surface area contributed by atoms with E-state index in [2.05, 4.69) is 34.6 Å². The number of nitriles is 1. The molecule has 1 heterocycles. The Bertz CT molecular complexity index is 613. The Morgan fingerprint density at radius 3 is 3.06 bits per heavy atom. The van der Waals surface area contributed by atoms with Gasteiger partial charge < -0.3 is 5.32 Å². The fourth-order valence-electron chi connectivity index (χ4n) is 2.39. The number of fused-ring (bicyclic) bond motifs is 1. The zero-order chi connectivity index (χ0) is 12.4. The van der Waals surface area contributed by atoms with Gasteiger partial charge in [-0.3, -0.25) is 0 Å². The predicted molar refractivity (Wildman–Crippen MR) is 70.3 cm³/mol. The van der Waals surface area contributed by atoms with Crippen molar-refractivity contribution in [1.29, 1.82) is 5.26 Å². The molecule has 18 heavy (non-hydrogen) atoms. The molecule has 3 nitrogen and oxygen atoms in total. The summed E-state index contributed by atoms with van der Waals surface area (Å²) < 4.78 is 0. The molecular formula is C15H13N3. The van der Waals surface area contributed by atoms with E-state index >= 15 is 0 Å². The molecule has 0 fully saturated rings. The molecule has 2 aromatic rings. The van der Waals surface area contributed by atoms with Crippen molar-refractivity contribution < 1.29 is 0 Å². The van der Waals surface area contributed by atoms with Crippen molar-refractivity contribution in [2.75, 3.05) is 11.9 Å². The average Bonchev–Trinajstić information content (AvgIpc) is 2.40. The summed E-state index contributed by atoms with van der Waals surface area (Å²) in [7, 11) is 0. The summed E-state index contributed by atoms with van der Waals surface area (Å²) in [5.41, 5.74) is 4.32. The molecule has 1 N–H and O–H groups in total. The van der Waals surface area contributed by atoms with Crippen LogP contribution in [-0.2, 0) is 6.42 Å². The highest BCUT2D eigenvalue weighted by Gasteiger charge is 2.24. The van der Waals surface area contributed by atoms with Gasteiger partial charge in [0.15, 0.2) is 0 Å². The number of benzene rings is 1. The van der Waals surface area contributed by atoms with Crippen LogP contribution in [0.4, 0.5) is 5.69 Å². The maximum atomic E-state index is 8.79. The Balaban J connectivity index is 1.65. The first-order valence-electron chi connectivity index (χ1n) is 6.04. The molecule has 0 saturated heterocycles. The van der Waals surface area contributed by atoms with Gasteiger partial charge in [-0.1, -0.05) is 24.3 Å². The maximum absolute atomic E-state index is 8.79. The van der Waals surface area contributed by atoms with Crippen molar-refractivity contribution in [3.63, 3.8) is 0 Å². The highest BCUT2D eigenvalue weighted by Crippen LogP contribution is 2.34. The average molecular weight is 235 g/mol.